The lowest BCUT2D eigenvalue weighted by molar-refractivity contribution is 0.629. The molecule has 0 aliphatic rings. The van der Waals surface area contributed by atoms with Crippen LogP contribution in [0.1, 0.15) is 5.69 Å². The molecule has 0 saturated heterocycles. The predicted molar refractivity (Wildman–Crippen MR) is 92.4 cm³/mol. The Morgan fingerprint density at radius 1 is 1.04 bits per heavy atom. The maximum absolute atomic E-state index is 14.5. The van der Waals surface area contributed by atoms with Crippen LogP contribution in [0.3, 0.4) is 0 Å². The highest BCUT2D eigenvalue weighted by atomic mass is 19.1. The number of likely N-dealkylation sites (N-methyl/N-ethyl adjacent to an activating group) is 1. The minimum Gasteiger partial charge on any atom is -0.319 e. The first-order chi connectivity index (χ1) is 12.0. The summed E-state index contributed by atoms with van der Waals surface area (Å²) in [7, 11) is 3.60. The van der Waals surface area contributed by atoms with Crippen LogP contribution in [0.4, 0.5) is 8.78 Å². The number of nitrogens with one attached hydrogen (secondary N) is 1. The van der Waals surface area contributed by atoms with Gasteiger partial charge >= 0.3 is 0 Å². The van der Waals surface area contributed by atoms with E-state index in [1.54, 1.807) is 34.7 Å². The summed E-state index contributed by atoms with van der Waals surface area (Å²) in [5.74, 6) is -0.853. The quantitative estimate of drug-likeness (QED) is 0.621. The first-order valence-electron chi connectivity index (χ1n) is 8.00. The Bertz CT molecular complexity index is 1080. The number of aryl methyl sites for hydroxylation is 1. The highest BCUT2D eigenvalue weighted by Crippen LogP contribution is 2.27. The van der Waals surface area contributed by atoms with E-state index in [0.717, 1.165) is 12.2 Å². The van der Waals surface area contributed by atoms with Crippen LogP contribution in [-0.2, 0) is 13.5 Å². The Morgan fingerprint density at radius 2 is 1.84 bits per heavy atom. The first-order valence-corrected chi connectivity index (χ1v) is 8.00. The Labute approximate surface area is 142 Å². The highest BCUT2D eigenvalue weighted by Gasteiger charge is 2.13. The number of aromatic nitrogens is 4. The molecule has 128 valence electrons. The molecular formula is C18H17F2N5. The van der Waals surface area contributed by atoms with Crippen molar-refractivity contribution in [2.45, 2.75) is 6.42 Å². The molecule has 5 nitrogen and oxygen atoms in total. The monoisotopic (exact) mass is 341 g/mol. The van der Waals surface area contributed by atoms with E-state index in [1.165, 1.54) is 12.1 Å². The van der Waals surface area contributed by atoms with Crippen LogP contribution in [0.25, 0.3) is 27.7 Å². The molecule has 7 heteroatoms. The summed E-state index contributed by atoms with van der Waals surface area (Å²) < 4.78 is 32.0. The number of nitrogens with zero attached hydrogens (tertiary/aromatic N) is 4. The Balaban J connectivity index is 1.83. The van der Waals surface area contributed by atoms with Gasteiger partial charge in [0.25, 0.3) is 0 Å². The number of benzene rings is 1. The smallest absolute Gasteiger partial charge is 0.173 e. The van der Waals surface area contributed by atoms with Crippen LogP contribution >= 0.6 is 0 Å². The van der Waals surface area contributed by atoms with Crippen molar-refractivity contribution >= 4 is 16.6 Å². The van der Waals surface area contributed by atoms with Crippen molar-refractivity contribution in [3.8, 4) is 11.1 Å². The third kappa shape index (κ3) is 2.76. The average molecular weight is 341 g/mol. The van der Waals surface area contributed by atoms with Gasteiger partial charge in [-0.15, -0.1) is 0 Å². The lowest BCUT2D eigenvalue weighted by Gasteiger charge is -2.05. The summed E-state index contributed by atoms with van der Waals surface area (Å²) in [4.78, 5) is 4.32. The summed E-state index contributed by atoms with van der Waals surface area (Å²) >= 11 is 0. The van der Waals surface area contributed by atoms with Crippen LogP contribution < -0.4 is 5.32 Å². The zero-order valence-electron chi connectivity index (χ0n) is 13.9. The molecule has 0 atom stereocenters. The maximum atomic E-state index is 14.5. The van der Waals surface area contributed by atoms with Crippen LogP contribution in [0.15, 0.2) is 36.8 Å². The second-order valence-corrected chi connectivity index (χ2v) is 6.09. The van der Waals surface area contributed by atoms with Gasteiger partial charge in [-0.1, -0.05) is 0 Å². The molecule has 0 saturated carbocycles. The Kier molecular flexibility index (Phi) is 3.73. The third-order valence-corrected chi connectivity index (χ3v) is 4.20. The fraction of sp³-hybridized carbons (Fsp3) is 0.222. The van der Waals surface area contributed by atoms with Gasteiger partial charge < -0.3 is 9.72 Å². The van der Waals surface area contributed by atoms with Crippen molar-refractivity contribution in [1.82, 2.24) is 24.5 Å². The summed E-state index contributed by atoms with van der Waals surface area (Å²) in [5, 5.41) is 7.82. The van der Waals surface area contributed by atoms with Gasteiger partial charge in [-0.25, -0.2) is 13.8 Å². The van der Waals surface area contributed by atoms with E-state index in [9.17, 15) is 8.78 Å². The van der Waals surface area contributed by atoms with E-state index in [1.807, 2.05) is 13.1 Å². The normalized spacial score (nSPS) is 11.7. The number of hydrogen-bond acceptors (Lipinski definition) is 3. The zero-order chi connectivity index (χ0) is 17.6. The molecule has 4 rings (SSSR count). The molecule has 0 aliphatic heterocycles. The summed E-state index contributed by atoms with van der Waals surface area (Å²) in [6, 6.07) is 4.58. The minimum absolute atomic E-state index is 0.276. The molecule has 0 aliphatic carbocycles. The minimum atomic E-state index is -0.431. The predicted octanol–water partition coefficient (Wildman–Crippen LogP) is 2.93. The molecule has 1 aromatic carbocycles. The van der Waals surface area contributed by atoms with Gasteiger partial charge in [0.2, 0.25) is 0 Å². The van der Waals surface area contributed by atoms with Gasteiger partial charge in [-0.3, -0.25) is 4.68 Å². The van der Waals surface area contributed by atoms with E-state index in [0.29, 0.717) is 28.5 Å². The molecule has 0 radical (unpaired) electrons. The standard InChI is InChI=1S/C18H17F2N5/c1-21-4-3-14-10-25-9-12(7-16(20)18(25)22-14)11-5-13-8-24(2)23-17(13)15(19)6-11/h5-10,21H,3-4H2,1-2H3. The van der Waals surface area contributed by atoms with Crippen LogP contribution in [0.5, 0.6) is 0 Å². The summed E-state index contributed by atoms with van der Waals surface area (Å²) in [5.41, 5.74) is 2.58. The molecule has 0 fully saturated rings. The summed E-state index contributed by atoms with van der Waals surface area (Å²) in [6.45, 7) is 0.765. The van der Waals surface area contributed by atoms with E-state index < -0.39 is 11.6 Å². The fourth-order valence-corrected chi connectivity index (χ4v) is 3.02. The molecule has 0 spiro atoms. The average Bonchev–Trinajstić information content (AvgIpc) is 3.15. The Hall–Kier alpha value is -2.80. The topological polar surface area (TPSA) is 47.1 Å². The molecule has 0 bridgehead atoms. The zero-order valence-corrected chi connectivity index (χ0v) is 13.9. The lowest BCUT2D eigenvalue weighted by Crippen LogP contribution is -2.10. The van der Waals surface area contributed by atoms with Gasteiger partial charge in [-0.2, -0.15) is 5.10 Å². The van der Waals surface area contributed by atoms with Crippen molar-refractivity contribution in [3.63, 3.8) is 0 Å². The van der Waals surface area contributed by atoms with Gasteiger partial charge in [0.15, 0.2) is 17.3 Å². The van der Waals surface area contributed by atoms with Crippen molar-refractivity contribution in [2.75, 3.05) is 13.6 Å². The number of fused-ring (bicyclic) bond motifs is 2. The number of rotatable bonds is 4. The van der Waals surface area contributed by atoms with Gasteiger partial charge in [0, 0.05) is 49.6 Å². The van der Waals surface area contributed by atoms with Crippen molar-refractivity contribution < 1.29 is 8.78 Å². The first kappa shape index (κ1) is 15.7. The lowest BCUT2D eigenvalue weighted by atomic mass is 10.1. The van der Waals surface area contributed by atoms with E-state index in [4.69, 9.17) is 0 Å². The molecule has 0 unspecified atom stereocenters. The van der Waals surface area contributed by atoms with Crippen molar-refractivity contribution in [2.24, 2.45) is 7.05 Å². The maximum Gasteiger partial charge on any atom is 0.173 e. The molecule has 3 heterocycles. The van der Waals surface area contributed by atoms with Crippen molar-refractivity contribution in [1.29, 1.82) is 0 Å². The van der Waals surface area contributed by atoms with Gasteiger partial charge in [-0.05, 0) is 30.8 Å². The van der Waals surface area contributed by atoms with E-state index >= 15 is 0 Å². The molecule has 4 aromatic rings. The Morgan fingerprint density at radius 3 is 2.64 bits per heavy atom. The molecule has 3 aromatic heterocycles. The van der Waals surface area contributed by atoms with E-state index in [-0.39, 0.29) is 5.65 Å². The molecular weight excluding hydrogens is 324 g/mol. The number of halogens is 2. The van der Waals surface area contributed by atoms with E-state index in [2.05, 4.69) is 15.4 Å². The SMILES string of the molecule is CNCCc1cn2cc(-c3cc(F)c4nn(C)cc4c3)cc(F)c2n1. The fourth-order valence-electron chi connectivity index (χ4n) is 3.02. The van der Waals surface area contributed by atoms with Crippen LogP contribution in [0.2, 0.25) is 0 Å². The van der Waals surface area contributed by atoms with Gasteiger partial charge in [0.1, 0.15) is 5.52 Å². The molecule has 25 heavy (non-hydrogen) atoms. The van der Waals surface area contributed by atoms with Gasteiger partial charge in [0.05, 0.1) is 5.69 Å². The highest BCUT2D eigenvalue weighted by molar-refractivity contribution is 5.84. The number of pyridine rings is 1. The molecule has 0 amide bonds. The second-order valence-electron chi connectivity index (χ2n) is 6.09. The van der Waals surface area contributed by atoms with Crippen molar-refractivity contribution in [3.05, 3.63) is 54.1 Å². The third-order valence-electron chi connectivity index (χ3n) is 4.20. The number of hydrogen-bond donors (Lipinski definition) is 1. The largest absolute Gasteiger partial charge is 0.319 e. The second kappa shape index (κ2) is 5.93. The number of imidazole rings is 1. The van der Waals surface area contributed by atoms with Crippen LogP contribution in [0, 0.1) is 11.6 Å². The summed E-state index contributed by atoms with van der Waals surface area (Å²) in [6.07, 6.45) is 6.02. The molecule has 1 N–H and O–H groups in total. The van der Waals surface area contributed by atoms with Crippen LogP contribution in [-0.4, -0.2) is 32.8 Å².